The van der Waals surface area contributed by atoms with E-state index >= 15 is 0 Å². The molecule has 4 heteroatoms. The van der Waals surface area contributed by atoms with Crippen LogP contribution in [0.4, 0.5) is 0 Å². The van der Waals surface area contributed by atoms with Crippen LogP contribution in [0, 0.1) is 47.3 Å². The zero-order chi connectivity index (χ0) is 12.9. The first-order valence-corrected chi connectivity index (χ1v) is 8.14. The summed E-state index contributed by atoms with van der Waals surface area (Å²) in [6.07, 6.45) is 3.41. The number of Topliss-reactive ketones (excluding diaryl/α,β-unsaturated/α-hetero) is 2. The van der Waals surface area contributed by atoms with Gasteiger partial charge in [0.2, 0.25) is 0 Å². The molecule has 7 rings (SSSR count). The number of carbonyl (C=O) groups is 2. The molecule has 0 unspecified atom stereocenters. The molecule has 0 aromatic heterocycles. The van der Waals surface area contributed by atoms with Crippen molar-refractivity contribution in [3.05, 3.63) is 0 Å². The van der Waals surface area contributed by atoms with Gasteiger partial charge in [-0.1, -0.05) is 0 Å². The second-order valence-electron chi connectivity index (χ2n) is 8.17. The molecule has 20 heavy (non-hydrogen) atoms. The third kappa shape index (κ3) is 0.806. The Morgan fingerprint density at radius 1 is 0.600 bits per heavy atom. The first-order chi connectivity index (χ1) is 9.75. The van der Waals surface area contributed by atoms with Crippen molar-refractivity contribution in [3.8, 4) is 0 Å². The Morgan fingerprint density at radius 3 is 1.20 bits per heavy atom. The van der Waals surface area contributed by atoms with Crippen LogP contribution >= 0.6 is 0 Å². The molecule has 0 spiro atoms. The van der Waals surface area contributed by atoms with Crippen LogP contribution in [0.15, 0.2) is 0 Å². The van der Waals surface area contributed by atoms with Crippen molar-refractivity contribution in [3.63, 3.8) is 0 Å². The molecule has 7 fully saturated rings. The third-order valence-electron chi connectivity index (χ3n) is 7.83. The summed E-state index contributed by atoms with van der Waals surface area (Å²) in [5, 5.41) is 0. The van der Waals surface area contributed by atoms with Gasteiger partial charge in [-0.05, 0) is 36.5 Å². The number of rotatable bonds is 0. The van der Waals surface area contributed by atoms with Crippen LogP contribution in [0.3, 0.4) is 0 Å². The zero-order valence-corrected chi connectivity index (χ0v) is 11.0. The molecule has 0 N–H and O–H groups in total. The molecule has 104 valence electrons. The standard InChI is InChI=1S/C16H16O4/c17-11-7-3-1-4(14-13(3)19-14)8(7)12(18)10-6-2-5(9(10)11)15-16(6)20-15/h3-10,13-16H,1-2H2/t3-,4-,5-,6-,7-,8+,9+,10-,13-,14+,15+,16+/m1/s1. The lowest BCUT2D eigenvalue weighted by molar-refractivity contribution is -0.150. The summed E-state index contributed by atoms with van der Waals surface area (Å²) in [5.74, 6) is 2.32. The molecular formula is C16H16O4. The van der Waals surface area contributed by atoms with Crippen molar-refractivity contribution in [2.24, 2.45) is 47.3 Å². The average molecular weight is 272 g/mol. The van der Waals surface area contributed by atoms with Gasteiger partial charge in [0.25, 0.3) is 0 Å². The number of epoxide rings is 2. The summed E-state index contributed by atoms with van der Waals surface area (Å²) >= 11 is 0. The SMILES string of the molecule is O=C1[C@@H]2[C@H]3C[C@@H]([C@@H]4O[C@@H]34)[C@@H]2C(=O)[C@@H]2[C@H]3C[C@@H]([C@@H]4O[C@H]34)[C@H]12. The van der Waals surface area contributed by atoms with E-state index in [1.54, 1.807) is 0 Å². The number of ether oxygens (including phenoxy) is 2. The van der Waals surface area contributed by atoms with E-state index in [0.717, 1.165) is 12.8 Å². The lowest BCUT2D eigenvalue weighted by atomic mass is 9.58. The van der Waals surface area contributed by atoms with E-state index in [1.807, 2.05) is 0 Å². The second-order valence-corrected chi connectivity index (χ2v) is 8.17. The van der Waals surface area contributed by atoms with Gasteiger partial charge in [-0.15, -0.1) is 0 Å². The predicted octanol–water partition coefficient (Wildman–Crippen LogP) is 0.437. The molecule has 7 aliphatic rings. The van der Waals surface area contributed by atoms with Gasteiger partial charge < -0.3 is 9.47 Å². The van der Waals surface area contributed by atoms with E-state index in [9.17, 15) is 9.59 Å². The molecular weight excluding hydrogens is 256 g/mol. The Labute approximate surface area is 116 Å². The monoisotopic (exact) mass is 272 g/mol. The number of hydrogen-bond donors (Lipinski definition) is 0. The molecule has 2 aliphatic heterocycles. The Hall–Kier alpha value is -0.740. The van der Waals surface area contributed by atoms with Gasteiger partial charge in [0.05, 0.1) is 24.4 Å². The predicted molar refractivity (Wildman–Crippen MR) is 64.5 cm³/mol. The normalized spacial score (nSPS) is 73.4. The topological polar surface area (TPSA) is 59.2 Å². The van der Waals surface area contributed by atoms with Crippen molar-refractivity contribution in [2.75, 3.05) is 0 Å². The lowest BCUT2D eigenvalue weighted by Crippen LogP contribution is -2.53. The third-order valence-corrected chi connectivity index (χ3v) is 7.83. The van der Waals surface area contributed by atoms with Crippen molar-refractivity contribution < 1.29 is 19.1 Å². The van der Waals surface area contributed by atoms with Gasteiger partial charge in [0.1, 0.15) is 11.6 Å². The van der Waals surface area contributed by atoms with E-state index in [4.69, 9.17) is 9.47 Å². The number of fused-ring (bicyclic) bond motifs is 16. The van der Waals surface area contributed by atoms with Gasteiger partial charge in [-0.2, -0.15) is 0 Å². The van der Waals surface area contributed by atoms with Crippen molar-refractivity contribution in [1.82, 2.24) is 0 Å². The quantitative estimate of drug-likeness (QED) is 0.600. The van der Waals surface area contributed by atoms with Crippen molar-refractivity contribution >= 4 is 11.6 Å². The fourth-order valence-corrected chi connectivity index (χ4v) is 7.28. The Bertz CT molecular complexity index is 503. The van der Waals surface area contributed by atoms with E-state index in [2.05, 4.69) is 0 Å². The maximum atomic E-state index is 13.1. The van der Waals surface area contributed by atoms with Gasteiger partial charge >= 0.3 is 0 Å². The lowest BCUT2D eigenvalue weighted by Gasteiger charge is -2.41. The molecule has 2 saturated heterocycles. The molecule has 0 aromatic rings. The summed E-state index contributed by atoms with van der Waals surface area (Å²) < 4.78 is 11.4. The maximum Gasteiger partial charge on any atom is 0.141 e. The van der Waals surface area contributed by atoms with E-state index in [1.165, 1.54) is 0 Å². The van der Waals surface area contributed by atoms with Gasteiger partial charge in [0.15, 0.2) is 0 Å². The van der Waals surface area contributed by atoms with Crippen LogP contribution in [0.25, 0.3) is 0 Å². The zero-order valence-electron chi connectivity index (χ0n) is 11.0. The molecule has 0 amide bonds. The minimum absolute atomic E-state index is 0.00838. The summed E-state index contributed by atoms with van der Waals surface area (Å²) in [5.41, 5.74) is 0. The van der Waals surface area contributed by atoms with Crippen LogP contribution in [-0.4, -0.2) is 36.0 Å². The van der Waals surface area contributed by atoms with Crippen LogP contribution in [0.2, 0.25) is 0 Å². The van der Waals surface area contributed by atoms with E-state index < -0.39 is 0 Å². The summed E-state index contributed by atoms with van der Waals surface area (Å²) in [6.45, 7) is 0. The molecule has 0 aromatic carbocycles. The smallest absolute Gasteiger partial charge is 0.141 e. The summed E-state index contributed by atoms with van der Waals surface area (Å²) in [4.78, 5) is 26.2. The summed E-state index contributed by atoms with van der Waals surface area (Å²) in [7, 11) is 0. The number of ketones is 2. The van der Waals surface area contributed by atoms with E-state index in [-0.39, 0.29) is 23.7 Å². The van der Waals surface area contributed by atoms with Gasteiger partial charge in [0, 0.05) is 23.7 Å². The largest absolute Gasteiger partial charge is 0.369 e. The highest BCUT2D eigenvalue weighted by Crippen LogP contribution is 2.70. The number of hydrogen-bond acceptors (Lipinski definition) is 4. The fourth-order valence-electron chi connectivity index (χ4n) is 7.28. The highest BCUT2D eigenvalue weighted by Gasteiger charge is 2.78. The highest BCUT2D eigenvalue weighted by atomic mass is 16.6. The molecule has 5 saturated carbocycles. The molecule has 0 radical (unpaired) electrons. The molecule has 5 aliphatic carbocycles. The number of carbonyl (C=O) groups excluding carboxylic acids is 2. The van der Waals surface area contributed by atoms with Crippen LogP contribution in [0.5, 0.6) is 0 Å². The first kappa shape index (κ1) is 10.1. The first-order valence-electron chi connectivity index (χ1n) is 8.14. The highest BCUT2D eigenvalue weighted by molar-refractivity contribution is 6.02. The molecule has 12 atom stereocenters. The summed E-state index contributed by atoms with van der Waals surface area (Å²) in [6, 6.07) is 0. The minimum Gasteiger partial charge on any atom is -0.369 e. The van der Waals surface area contributed by atoms with Crippen molar-refractivity contribution in [2.45, 2.75) is 37.3 Å². The Kier molecular flexibility index (Phi) is 1.34. The van der Waals surface area contributed by atoms with Gasteiger partial charge in [-0.3, -0.25) is 9.59 Å². The van der Waals surface area contributed by atoms with Gasteiger partial charge in [-0.25, -0.2) is 0 Å². The minimum atomic E-state index is 0.00838. The van der Waals surface area contributed by atoms with Crippen molar-refractivity contribution in [1.29, 1.82) is 0 Å². The molecule has 4 nitrogen and oxygen atoms in total. The maximum absolute atomic E-state index is 13.1. The second kappa shape index (κ2) is 2.66. The Balaban J connectivity index is 1.39. The van der Waals surface area contributed by atoms with Crippen LogP contribution < -0.4 is 0 Å². The average Bonchev–Trinajstić information content (AvgIpc) is 3.29. The van der Waals surface area contributed by atoms with Crippen LogP contribution in [0.1, 0.15) is 12.8 Å². The fraction of sp³-hybridized carbons (Fsp3) is 0.875. The Morgan fingerprint density at radius 2 is 0.900 bits per heavy atom. The van der Waals surface area contributed by atoms with E-state index in [0.29, 0.717) is 59.7 Å². The van der Waals surface area contributed by atoms with Crippen LogP contribution in [-0.2, 0) is 19.1 Å². The molecule has 2 heterocycles. The molecule has 4 bridgehead atoms.